The summed E-state index contributed by atoms with van der Waals surface area (Å²) in [4.78, 5) is 14.2. The van der Waals surface area contributed by atoms with Gasteiger partial charge in [-0.1, -0.05) is 36.4 Å². The Morgan fingerprint density at radius 2 is 1.97 bits per heavy atom. The molecule has 2 aromatic heterocycles. The van der Waals surface area contributed by atoms with Crippen LogP contribution in [0.25, 0.3) is 10.2 Å². The summed E-state index contributed by atoms with van der Waals surface area (Å²) in [5, 5.41) is 24.7. The van der Waals surface area contributed by atoms with Crippen molar-refractivity contribution in [3.63, 3.8) is 0 Å². The van der Waals surface area contributed by atoms with Crippen molar-refractivity contribution in [1.82, 2.24) is 14.9 Å². The number of phenolic OH excluding ortho intramolecular Hbond substituents is 1. The summed E-state index contributed by atoms with van der Waals surface area (Å²) in [5.41, 5.74) is 9.43. The van der Waals surface area contributed by atoms with Crippen molar-refractivity contribution < 1.29 is 14.9 Å². The number of fused-ring (bicyclic) bond motifs is 4. The molecule has 3 aliphatic carbocycles. The van der Waals surface area contributed by atoms with Crippen molar-refractivity contribution in [2.24, 2.45) is 5.92 Å². The summed E-state index contributed by atoms with van der Waals surface area (Å²) in [6, 6.07) is 14.0. The molecule has 9 rings (SSSR count). The molecule has 4 aromatic rings. The summed E-state index contributed by atoms with van der Waals surface area (Å²) >= 11 is 1.62. The van der Waals surface area contributed by atoms with Crippen molar-refractivity contribution in [3.8, 4) is 11.5 Å². The van der Waals surface area contributed by atoms with E-state index in [4.69, 9.17) is 20.4 Å². The lowest BCUT2D eigenvalue weighted by molar-refractivity contribution is -0.171. The van der Waals surface area contributed by atoms with E-state index in [1.807, 2.05) is 24.3 Å². The predicted octanol–water partition coefficient (Wildman–Crippen LogP) is 4.27. The molecule has 198 valence electrons. The van der Waals surface area contributed by atoms with Gasteiger partial charge in [-0.2, -0.15) is 0 Å². The van der Waals surface area contributed by atoms with Crippen molar-refractivity contribution >= 4 is 27.4 Å². The minimum absolute atomic E-state index is 0.0105. The fourth-order valence-corrected chi connectivity index (χ4v) is 9.63. The Hall–Kier alpha value is -3.20. The fraction of sp³-hybridized carbons (Fsp3) is 0.419. The van der Waals surface area contributed by atoms with Crippen molar-refractivity contribution in [3.05, 3.63) is 75.4 Å². The van der Waals surface area contributed by atoms with E-state index in [9.17, 15) is 10.2 Å². The van der Waals surface area contributed by atoms with Gasteiger partial charge in [0, 0.05) is 41.4 Å². The zero-order chi connectivity index (χ0) is 26.1. The molecule has 2 aliphatic heterocycles. The van der Waals surface area contributed by atoms with Gasteiger partial charge in [0.25, 0.3) is 0 Å². The third-order valence-electron chi connectivity index (χ3n) is 10.2. The van der Waals surface area contributed by atoms with Gasteiger partial charge in [0.05, 0.1) is 16.4 Å². The second kappa shape index (κ2) is 7.50. The number of aromatic hydroxyl groups is 1. The van der Waals surface area contributed by atoms with Crippen LogP contribution in [0.5, 0.6) is 11.5 Å². The van der Waals surface area contributed by atoms with E-state index in [2.05, 4.69) is 17.0 Å². The molecule has 4 N–H and O–H groups in total. The number of nitrogens with zero attached hydrogens (tertiary/aromatic N) is 3. The number of hydrogen-bond acceptors (Lipinski definition) is 8. The number of hydrogen-bond donors (Lipinski definition) is 3. The maximum atomic E-state index is 12.9. The molecule has 4 heterocycles. The minimum Gasteiger partial charge on any atom is -0.504 e. The summed E-state index contributed by atoms with van der Waals surface area (Å²) in [6.45, 7) is 1.97. The van der Waals surface area contributed by atoms with Crippen LogP contribution in [0.1, 0.15) is 58.3 Å². The quantitative estimate of drug-likeness (QED) is 0.356. The van der Waals surface area contributed by atoms with Crippen LogP contribution in [-0.4, -0.2) is 49.8 Å². The number of nitrogen functional groups attached to an aromatic ring is 1. The molecule has 1 spiro atoms. The lowest BCUT2D eigenvalue weighted by atomic mass is 9.49. The zero-order valence-electron chi connectivity index (χ0n) is 21.6. The lowest BCUT2D eigenvalue weighted by Crippen LogP contribution is -2.74. The number of piperidine rings is 1. The maximum Gasteiger partial charge on any atom is 0.166 e. The molecule has 2 fully saturated rings. The van der Waals surface area contributed by atoms with Crippen molar-refractivity contribution in [1.29, 1.82) is 0 Å². The molecular formula is C31H30N4O3S. The highest BCUT2D eigenvalue weighted by molar-refractivity contribution is 7.19. The Labute approximate surface area is 230 Å². The Bertz CT molecular complexity index is 1680. The topological polar surface area (TPSA) is 105 Å². The van der Waals surface area contributed by atoms with Crippen LogP contribution in [0, 0.1) is 5.92 Å². The van der Waals surface area contributed by atoms with Crippen LogP contribution in [0.15, 0.2) is 42.5 Å². The minimum atomic E-state index is -1.00. The van der Waals surface area contributed by atoms with E-state index in [1.54, 1.807) is 17.4 Å². The normalized spacial score (nSPS) is 30.2. The van der Waals surface area contributed by atoms with Crippen LogP contribution in [0.4, 0.5) is 5.82 Å². The van der Waals surface area contributed by atoms with E-state index < -0.39 is 17.1 Å². The highest BCUT2D eigenvalue weighted by Crippen LogP contribution is 2.70. The Kier molecular flexibility index (Phi) is 4.35. The molecule has 2 bridgehead atoms. The first-order valence-corrected chi connectivity index (χ1v) is 14.9. The second-order valence-electron chi connectivity index (χ2n) is 12.2. The average molecular weight is 539 g/mol. The highest BCUT2D eigenvalue weighted by Gasteiger charge is 2.73. The first-order valence-electron chi connectivity index (χ1n) is 14.1. The predicted molar refractivity (Wildman–Crippen MR) is 149 cm³/mol. The zero-order valence-corrected chi connectivity index (χ0v) is 22.4. The Morgan fingerprint density at radius 3 is 2.79 bits per heavy atom. The number of rotatable bonds is 4. The van der Waals surface area contributed by atoms with Crippen molar-refractivity contribution in [2.75, 3.05) is 18.8 Å². The molecule has 1 saturated heterocycles. The number of phenols is 1. The smallest absolute Gasteiger partial charge is 0.166 e. The van der Waals surface area contributed by atoms with Gasteiger partial charge < -0.3 is 20.7 Å². The van der Waals surface area contributed by atoms with E-state index >= 15 is 0 Å². The van der Waals surface area contributed by atoms with Gasteiger partial charge in [0.2, 0.25) is 0 Å². The molecule has 39 heavy (non-hydrogen) atoms. The van der Waals surface area contributed by atoms with Gasteiger partial charge in [-0.3, -0.25) is 4.90 Å². The first-order chi connectivity index (χ1) is 19.0. The number of anilines is 1. The monoisotopic (exact) mass is 538 g/mol. The van der Waals surface area contributed by atoms with Gasteiger partial charge in [0.15, 0.2) is 11.5 Å². The molecule has 5 aliphatic rings. The van der Waals surface area contributed by atoms with Gasteiger partial charge in [-0.25, -0.2) is 9.97 Å². The summed E-state index contributed by atoms with van der Waals surface area (Å²) in [5.74, 6) is 2.60. The van der Waals surface area contributed by atoms with Gasteiger partial charge in [-0.05, 0) is 55.3 Å². The fourth-order valence-electron chi connectivity index (χ4n) is 8.32. The number of benzene rings is 2. The number of aromatic nitrogens is 2. The van der Waals surface area contributed by atoms with E-state index in [1.165, 1.54) is 18.4 Å². The Balaban J connectivity index is 1.24. The summed E-state index contributed by atoms with van der Waals surface area (Å²) < 4.78 is 6.74. The van der Waals surface area contributed by atoms with Crippen molar-refractivity contribution in [2.45, 2.75) is 61.7 Å². The number of likely N-dealkylation sites (tertiary alicyclic amines) is 1. The summed E-state index contributed by atoms with van der Waals surface area (Å²) in [7, 11) is 0. The number of thiophene rings is 1. The van der Waals surface area contributed by atoms with E-state index in [-0.39, 0.29) is 11.8 Å². The molecule has 2 aromatic carbocycles. The van der Waals surface area contributed by atoms with E-state index in [0.29, 0.717) is 30.2 Å². The standard InChI is InChI=1S/C31H30N4O3S/c32-28-24-23-20(39-29(24)34-22(33-28)12-16-4-2-1-3-5-16)14-31(37)21-13-18-8-9-19(36)26-25(18)30(31,27(23)38-26)10-11-35(21)15-17-6-7-17/h1-5,8-9,17,21,27,36-37H,6-7,10-15H2,(H2,32,33,34)/t21-,27+,30+,31-/m1/s1. The van der Waals surface area contributed by atoms with Gasteiger partial charge in [0.1, 0.15) is 22.6 Å². The van der Waals surface area contributed by atoms with Gasteiger partial charge in [-0.15, -0.1) is 11.3 Å². The molecule has 4 atom stereocenters. The van der Waals surface area contributed by atoms with Crippen LogP contribution < -0.4 is 10.5 Å². The highest BCUT2D eigenvalue weighted by atomic mass is 32.1. The third kappa shape index (κ3) is 2.84. The molecular weight excluding hydrogens is 508 g/mol. The molecule has 0 radical (unpaired) electrons. The van der Waals surface area contributed by atoms with Crippen LogP contribution in [-0.2, 0) is 24.7 Å². The molecule has 0 unspecified atom stereocenters. The Morgan fingerprint density at radius 1 is 1.13 bits per heavy atom. The molecule has 8 heteroatoms. The largest absolute Gasteiger partial charge is 0.504 e. The number of ether oxygens (including phenoxy) is 1. The SMILES string of the molecule is Nc1nc(Cc2ccccc2)nc2sc3c(c12)[C@@H]1Oc2c(O)ccc4c2[C@@]12CCN(CC1CC1)[C@H](C4)[C@]2(O)C3. The maximum absolute atomic E-state index is 12.9. The first kappa shape index (κ1) is 22.6. The number of nitrogens with two attached hydrogens (primary N) is 1. The summed E-state index contributed by atoms with van der Waals surface area (Å²) in [6.07, 6.45) is 4.85. The average Bonchev–Trinajstić information content (AvgIpc) is 3.55. The van der Waals surface area contributed by atoms with E-state index in [0.717, 1.165) is 63.6 Å². The second-order valence-corrected chi connectivity index (χ2v) is 13.3. The van der Waals surface area contributed by atoms with Crippen LogP contribution in [0.2, 0.25) is 0 Å². The van der Waals surface area contributed by atoms with Crippen LogP contribution in [0.3, 0.4) is 0 Å². The molecule has 0 amide bonds. The van der Waals surface area contributed by atoms with Gasteiger partial charge >= 0.3 is 0 Å². The lowest BCUT2D eigenvalue weighted by Gasteiger charge is -2.62. The third-order valence-corrected chi connectivity index (χ3v) is 11.2. The molecule has 7 nitrogen and oxygen atoms in total. The number of aliphatic hydroxyl groups is 1. The van der Waals surface area contributed by atoms with Crippen LogP contribution >= 0.6 is 11.3 Å². The molecule has 1 saturated carbocycles.